The Bertz CT molecular complexity index is 1300. The maximum atomic E-state index is 13.1. The molecule has 37 heavy (non-hydrogen) atoms. The molecule has 0 aliphatic heterocycles. The second-order valence-corrected chi connectivity index (χ2v) is 8.83. The van der Waals surface area contributed by atoms with Crippen LogP contribution in [-0.4, -0.2) is 44.1 Å². The first-order valence-electron chi connectivity index (χ1n) is 11.4. The first kappa shape index (κ1) is 29.4. The SMILES string of the molecule is C#CCOc1c(Cl)cc(/C=C(\C#N)C(=O)Cc2sc(C(=O)OCC)c(C)c2C(=O)OCC)cc1OCC. The molecule has 0 saturated heterocycles. The van der Waals surface area contributed by atoms with Gasteiger partial charge in [0.05, 0.1) is 36.0 Å². The molecule has 0 atom stereocenters. The number of ether oxygens (including phenoxy) is 4. The molecule has 2 rings (SSSR count). The van der Waals surface area contributed by atoms with E-state index in [0.717, 1.165) is 11.3 Å². The highest BCUT2D eigenvalue weighted by molar-refractivity contribution is 7.14. The number of ketones is 1. The Morgan fingerprint density at radius 1 is 1.08 bits per heavy atom. The zero-order chi connectivity index (χ0) is 27.5. The molecule has 194 valence electrons. The molecular weight excluding hydrogens is 518 g/mol. The lowest BCUT2D eigenvalue weighted by atomic mass is 10.0. The Morgan fingerprint density at radius 2 is 1.76 bits per heavy atom. The Hall–Kier alpha value is -3.79. The summed E-state index contributed by atoms with van der Waals surface area (Å²) in [5.41, 5.74) is 0.723. The van der Waals surface area contributed by atoms with E-state index < -0.39 is 17.7 Å². The first-order valence-corrected chi connectivity index (χ1v) is 12.6. The van der Waals surface area contributed by atoms with Crippen molar-refractivity contribution in [1.29, 1.82) is 5.26 Å². The number of nitrogens with zero attached hydrogens (tertiary/aromatic N) is 1. The summed E-state index contributed by atoms with van der Waals surface area (Å²) in [6.07, 6.45) is 6.32. The van der Waals surface area contributed by atoms with Gasteiger partial charge in [-0.2, -0.15) is 5.26 Å². The molecule has 0 N–H and O–H groups in total. The fourth-order valence-corrected chi connectivity index (χ4v) is 4.79. The van der Waals surface area contributed by atoms with E-state index in [9.17, 15) is 19.6 Å². The van der Waals surface area contributed by atoms with Gasteiger partial charge in [0, 0.05) is 11.3 Å². The highest BCUT2D eigenvalue weighted by Crippen LogP contribution is 2.37. The van der Waals surface area contributed by atoms with Crippen molar-refractivity contribution in [2.45, 2.75) is 34.1 Å². The third kappa shape index (κ3) is 7.36. The van der Waals surface area contributed by atoms with E-state index in [1.54, 1.807) is 33.8 Å². The predicted molar refractivity (Wildman–Crippen MR) is 140 cm³/mol. The molecule has 0 amide bonds. The molecule has 0 saturated carbocycles. The summed E-state index contributed by atoms with van der Waals surface area (Å²) < 4.78 is 21.2. The van der Waals surface area contributed by atoms with Gasteiger partial charge in [-0.15, -0.1) is 17.8 Å². The van der Waals surface area contributed by atoms with Gasteiger partial charge in [0.25, 0.3) is 0 Å². The van der Waals surface area contributed by atoms with Crippen LogP contribution in [-0.2, 0) is 20.7 Å². The predicted octanol–water partition coefficient (Wildman–Crippen LogP) is 5.19. The highest BCUT2D eigenvalue weighted by atomic mass is 35.5. The van der Waals surface area contributed by atoms with Gasteiger partial charge in [-0.3, -0.25) is 4.79 Å². The maximum absolute atomic E-state index is 13.1. The molecule has 0 fully saturated rings. The summed E-state index contributed by atoms with van der Waals surface area (Å²) in [7, 11) is 0. The quantitative estimate of drug-likeness (QED) is 0.155. The average molecular weight is 544 g/mol. The molecule has 1 aromatic heterocycles. The zero-order valence-electron chi connectivity index (χ0n) is 20.9. The van der Waals surface area contributed by atoms with Crippen molar-refractivity contribution in [2.24, 2.45) is 0 Å². The van der Waals surface area contributed by atoms with Crippen molar-refractivity contribution in [2.75, 3.05) is 26.4 Å². The maximum Gasteiger partial charge on any atom is 0.348 e. The zero-order valence-corrected chi connectivity index (χ0v) is 22.5. The van der Waals surface area contributed by atoms with Gasteiger partial charge < -0.3 is 18.9 Å². The number of carbonyl (C=O) groups is 3. The number of allylic oxidation sites excluding steroid dienone is 1. The van der Waals surface area contributed by atoms with Crippen molar-refractivity contribution in [3.05, 3.63) is 49.2 Å². The van der Waals surface area contributed by atoms with Crippen LogP contribution >= 0.6 is 22.9 Å². The molecule has 0 spiro atoms. The molecule has 2 aromatic rings. The van der Waals surface area contributed by atoms with Crippen LogP contribution in [0, 0.1) is 30.6 Å². The Kier molecular flexibility index (Phi) is 11.2. The van der Waals surface area contributed by atoms with Gasteiger partial charge in [0.2, 0.25) is 0 Å². The van der Waals surface area contributed by atoms with Crippen LogP contribution in [0.3, 0.4) is 0 Å². The number of rotatable bonds is 12. The fourth-order valence-electron chi connectivity index (χ4n) is 3.33. The van der Waals surface area contributed by atoms with E-state index in [4.69, 9.17) is 37.0 Å². The van der Waals surface area contributed by atoms with Crippen LogP contribution in [0.5, 0.6) is 11.5 Å². The third-order valence-corrected chi connectivity index (χ3v) is 6.40. The van der Waals surface area contributed by atoms with Crippen LogP contribution in [0.2, 0.25) is 5.02 Å². The molecule has 0 aliphatic carbocycles. The van der Waals surface area contributed by atoms with Crippen LogP contribution < -0.4 is 9.47 Å². The molecule has 0 aliphatic rings. The van der Waals surface area contributed by atoms with Crippen LogP contribution in [0.1, 0.15) is 56.8 Å². The summed E-state index contributed by atoms with van der Waals surface area (Å²) in [5, 5.41) is 9.91. The largest absolute Gasteiger partial charge is 0.490 e. The lowest BCUT2D eigenvalue weighted by Crippen LogP contribution is -2.12. The minimum Gasteiger partial charge on any atom is -0.490 e. The minimum atomic E-state index is -0.659. The molecule has 0 unspecified atom stereocenters. The van der Waals surface area contributed by atoms with Gasteiger partial charge in [0.1, 0.15) is 17.6 Å². The van der Waals surface area contributed by atoms with E-state index in [-0.39, 0.29) is 53.0 Å². The number of Topliss-reactive ketones (excluding diaryl/α,β-unsaturated/α-hetero) is 1. The number of carbonyl (C=O) groups excluding carboxylic acids is 3. The van der Waals surface area contributed by atoms with Crippen LogP contribution in [0.4, 0.5) is 0 Å². The van der Waals surface area contributed by atoms with E-state index in [1.165, 1.54) is 12.1 Å². The van der Waals surface area contributed by atoms with Gasteiger partial charge in [-0.1, -0.05) is 17.5 Å². The highest BCUT2D eigenvalue weighted by Gasteiger charge is 2.28. The van der Waals surface area contributed by atoms with E-state index in [2.05, 4.69) is 5.92 Å². The molecule has 10 heteroatoms. The van der Waals surface area contributed by atoms with Gasteiger partial charge >= 0.3 is 11.9 Å². The van der Waals surface area contributed by atoms with Gasteiger partial charge in [0.15, 0.2) is 17.3 Å². The lowest BCUT2D eigenvalue weighted by molar-refractivity contribution is -0.114. The smallest absolute Gasteiger partial charge is 0.348 e. The Labute approximate surface area is 224 Å². The normalized spacial score (nSPS) is 10.7. The molecule has 1 heterocycles. The number of esters is 2. The van der Waals surface area contributed by atoms with Crippen LogP contribution in [0.25, 0.3) is 6.08 Å². The third-order valence-electron chi connectivity index (χ3n) is 4.84. The Balaban J connectivity index is 2.48. The first-order chi connectivity index (χ1) is 17.7. The number of hydrogen-bond donors (Lipinski definition) is 0. The number of terminal acetylenes is 1. The number of thiophene rings is 1. The summed E-state index contributed by atoms with van der Waals surface area (Å²) in [4.78, 5) is 38.6. The lowest BCUT2D eigenvalue weighted by Gasteiger charge is -2.13. The monoisotopic (exact) mass is 543 g/mol. The fraction of sp³-hybridized carbons (Fsp3) is 0.333. The summed E-state index contributed by atoms with van der Waals surface area (Å²) in [5.74, 6) is 1.08. The summed E-state index contributed by atoms with van der Waals surface area (Å²) in [6.45, 7) is 7.25. The molecule has 0 radical (unpaired) electrons. The van der Waals surface area contributed by atoms with Crippen molar-refractivity contribution in [1.82, 2.24) is 0 Å². The standard InChI is InChI=1S/C27H26ClNO7S/c1-6-10-36-24-19(28)12-17(13-21(24)33-7-2)11-18(15-29)20(30)14-22-23(26(31)34-8-3)16(5)25(37-22)27(32)35-9-4/h1,11-13H,7-10,14H2,2-5H3/b18-11+. The number of halogens is 1. The van der Waals surface area contributed by atoms with Gasteiger partial charge in [-0.25, -0.2) is 9.59 Å². The number of nitriles is 1. The van der Waals surface area contributed by atoms with Crippen molar-refractivity contribution in [3.63, 3.8) is 0 Å². The minimum absolute atomic E-state index is 0.0201. The molecule has 1 aromatic carbocycles. The Morgan fingerprint density at radius 3 is 2.35 bits per heavy atom. The van der Waals surface area contributed by atoms with Crippen LogP contribution in [0.15, 0.2) is 17.7 Å². The van der Waals surface area contributed by atoms with Crippen molar-refractivity contribution >= 4 is 46.7 Å². The summed E-state index contributed by atoms with van der Waals surface area (Å²) in [6, 6.07) is 4.98. The number of benzene rings is 1. The van der Waals surface area contributed by atoms with Crippen molar-refractivity contribution in [3.8, 4) is 29.9 Å². The van der Waals surface area contributed by atoms with E-state index in [0.29, 0.717) is 28.4 Å². The van der Waals surface area contributed by atoms with Gasteiger partial charge in [-0.05, 0) is 57.0 Å². The average Bonchev–Trinajstić information content (AvgIpc) is 3.18. The summed E-state index contributed by atoms with van der Waals surface area (Å²) >= 11 is 7.30. The topological polar surface area (TPSA) is 112 Å². The van der Waals surface area contributed by atoms with E-state index in [1.807, 2.05) is 6.07 Å². The van der Waals surface area contributed by atoms with Crippen molar-refractivity contribution < 1.29 is 33.3 Å². The second-order valence-electron chi connectivity index (χ2n) is 7.32. The molecular formula is C27H26ClNO7S. The molecule has 0 bridgehead atoms. The molecule has 8 nitrogen and oxygen atoms in total. The number of hydrogen-bond acceptors (Lipinski definition) is 9. The van der Waals surface area contributed by atoms with E-state index >= 15 is 0 Å². The second kappa shape index (κ2) is 14.1.